The minimum absolute atomic E-state index is 0. The van der Waals surface area contributed by atoms with Gasteiger partial charge in [0.2, 0.25) is 29.5 Å². The third-order valence-electron chi connectivity index (χ3n) is 21.4. The molecule has 19 aromatic rings. The molecule has 19 rings (SSSR count). The average Bonchev–Trinajstić information content (AvgIpc) is 0.720. The first-order valence-corrected chi connectivity index (χ1v) is 55.5. The number of hydrogen-bond acceptors (Lipinski definition) is 10. The van der Waals surface area contributed by atoms with Gasteiger partial charge in [-0.25, -0.2) is 44.6 Å². The van der Waals surface area contributed by atoms with Gasteiger partial charge in [-0.3, -0.25) is 10.5 Å². The normalized spacial score (nSPS) is 11.1. The Labute approximate surface area is 853 Å². The molecular formula is C114H92F2Na2O10P6S3. The maximum atomic E-state index is 14.6. The van der Waals surface area contributed by atoms with Gasteiger partial charge in [-0.05, 0) is 193 Å². The van der Waals surface area contributed by atoms with Gasteiger partial charge < -0.3 is 19.1 Å². The van der Waals surface area contributed by atoms with E-state index in [1.807, 2.05) is 182 Å². The average molecular weight is 1990 g/mol. The molecule has 0 heterocycles. The van der Waals surface area contributed by atoms with E-state index in [0.717, 1.165) is 34.9 Å². The number of halogens is 2. The molecule has 0 spiro atoms. The van der Waals surface area contributed by atoms with Gasteiger partial charge >= 0.3 is 59.1 Å². The van der Waals surface area contributed by atoms with Crippen LogP contribution in [0.5, 0.6) is 0 Å². The van der Waals surface area contributed by atoms with Crippen molar-refractivity contribution in [3.05, 3.63) is 552 Å². The molecule has 19 aromatic carbocycles. The van der Waals surface area contributed by atoms with Gasteiger partial charge in [0.1, 0.15) is 11.6 Å². The second-order valence-corrected chi connectivity index (χ2v) is 49.4. The molecule has 672 valence electrons. The van der Waals surface area contributed by atoms with Crippen LogP contribution in [0.2, 0.25) is 0 Å². The van der Waals surface area contributed by atoms with Crippen molar-refractivity contribution in [3.63, 3.8) is 0 Å². The molecule has 0 fully saturated rings. The number of benzene rings is 19. The van der Waals surface area contributed by atoms with Crippen LogP contribution in [0.1, 0.15) is 1.43 Å². The quantitative estimate of drug-likeness (QED) is 0.0206. The summed E-state index contributed by atoms with van der Waals surface area (Å²) >= 11 is 0. The van der Waals surface area contributed by atoms with E-state index in [9.17, 15) is 43.2 Å². The van der Waals surface area contributed by atoms with Crippen LogP contribution in [-0.4, -0.2) is 35.8 Å². The minimum atomic E-state index is -3.90. The first-order chi connectivity index (χ1) is 65.8. The first kappa shape index (κ1) is 105. The predicted octanol–water partition coefficient (Wildman–Crippen LogP) is 14.8. The van der Waals surface area contributed by atoms with Crippen LogP contribution >= 0.6 is 46.6 Å². The Morgan fingerprint density at radius 1 is 0.190 bits per heavy atom. The summed E-state index contributed by atoms with van der Waals surface area (Å²) in [5, 5.41) is 29.8. The molecule has 2 N–H and O–H groups in total. The third kappa shape index (κ3) is 26.9. The van der Waals surface area contributed by atoms with Gasteiger partial charge in [-0.2, -0.15) is 0 Å². The molecule has 0 saturated heterocycles. The largest absolute Gasteiger partial charge is 1.00 e. The predicted molar refractivity (Wildman–Crippen MR) is 562 cm³/mol. The van der Waals surface area contributed by atoms with E-state index in [4.69, 9.17) is 10.5 Å². The maximum absolute atomic E-state index is 14.6. The van der Waals surface area contributed by atoms with Crippen molar-refractivity contribution in [3.8, 4) is 0 Å². The number of rotatable bonds is 23. The van der Waals surface area contributed by atoms with E-state index in [1.54, 1.807) is 48.5 Å². The van der Waals surface area contributed by atoms with Gasteiger partial charge in [-0.1, -0.05) is 419 Å². The molecule has 0 atom stereocenters. The van der Waals surface area contributed by atoms with Crippen molar-refractivity contribution < 1.29 is 114 Å². The summed E-state index contributed by atoms with van der Waals surface area (Å²) in [6.07, 6.45) is 0. The van der Waals surface area contributed by atoms with Crippen LogP contribution in [0.4, 0.5) is 8.78 Å². The molecule has 0 aliphatic carbocycles. The van der Waals surface area contributed by atoms with Crippen LogP contribution in [0.3, 0.4) is 0 Å². The summed E-state index contributed by atoms with van der Waals surface area (Å²) in [5.74, 6) is -1.02. The summed E-state index contributed by atoms with van der Waals surface area (Å²) in [6, 6.07) is 168. The Morgan fingerprint density at radius 2 is 0.321 bits per heavy atom. The van der Waals surface area contributed by atoms with Crippen LogP contribution in [0.25, 0.3) is 0 Å². The van der Waals surface area contributed by atoms with E-state index in [1.165, 1.54) is 105 Å². The van der Waals surface area contributed by atoms with Crippen molar-refractivity contribution >= 4 is 166 Å². The van der Waals surface area contributed by atoms with Gasteiger partial charge in [0.15, 0.2) is 14.3 Å². The Morgan fingerprint density at radius 3 is 0.496 bits per heavy atom. The fourth-order valence-electron chi connectivity index (χ4n) is 14.8. The van der Waals surface area contributed by atoms with Crippen molar-refractivity contribution in [1.82, 2.24) is 0 Å². The van der Waals surface area contributed by atoms with Crippen LogP contribution in [0.15, 0.2) is 569 Å². The minimum Gasteiger partial charge on any atom is -1.00 e. The molecule has 137 heavy (non-hydrogen) atoms. The van der Waals surface area contributed by atoms with Gasteiger partial charge in [0, 0.05) is 31.8 Å². The monoisotopic (exact) mass is 1990 g/mol. The van der Waals surface area contributed by atoms with Crippen molar-refractivity contribution in [2.45, 2.75) is 29.4 Å². The molecule has 0 aromatic heterocycles. The Hall–Kier alpha value is -11.0. The fraction of sp³-hybridized carbons (Fsp3) is 0. The fourth-order valence-corrected chi connectivity index (χ4v) is 31.7. The SMILES string of the molecule is O=P(c1ccccc1)(c1ccccc1)c1ccc(S(=O)(=O)c2ccc(P(=O)(c3ccccc3)c3ccccc3)cc2)cc1.O=S(=O)(c1ccc(F)cc1)c1ccc(F)cc1.O=S(=O)(c1ccc(P(c2ccccc2)c2ccccc2)cc1)c1ccc(P(c2ccccc2)c2ccccc2)cc1.OO.[H-].[Na+].[Na+].c1ccc(P(c2ccccc2)c2ccccc2)cc1.c1ccc([P-]c2ccccc2)cc1. The number of sulfone groups is 3. The molecule has 0 aliphatic heterocycles. The zero-order valence-electron chi connectivity index (χ0n) is 75.7. The Balaban J connectivity index is 0.000000176. The van der Waals surface area contributed by atoms with Gasteiger partial charge in [0.05, 0.1) is 29.4 Å². The van der Waals surface area contributed by atoms with Crippen LogP contribution < -0.4 is 149 Å². The zero-order valence-corrected chi connectivity index (χ0v) is 86.5. The number of hydrogen-bond donors (Lipinski definition) is 2. The van der Waals surface area contributed by atoms with E-state index in [0.29, 0.717) is 41.6 Å². The summed E-state index contributed by atoms with van der Waals surface area (Å²) in [5.41, 5.74) is 0. The molecule has 0 saturated carbocycles. The second-order valence-electron chi connectivity index (χ2n) is 30.1. The second kappa shape index (κ2) is 51.6. The van der Waals surface area contributed by atoms with Crippen LogP contribution in [0, 0.1) is 11.6 Å². The Bertz CT molecular complexity index is 6770. The third-order valence-corrected chi connectivity index (χ3v) is 41.4. The van der Waals surface area contributed by atoms with Crippen molar-refractivity contribution in [2.24, 2.45) is 0 Å². The van der Waals surface area contributed by atoms with Gasteiger partial charge in [0.25, 0.3) is 0 Å². The van der Waals surface area contributed by atoms with E-state index in [2.05, 4.69) is 237 Å². The van der Waals surface area contributed by atoms with E-state index in [-0.39, 0.29) is 80.1 Å². The molecule has 0 bridgehead atoms. The first-order valence-electron chi connectivity index (χ1n) is 42.7. The molecule has 0 aliphatic rings. The van der Waals surface area contributed by atoms with Gasteiger partial charge in [-0.15, -0.1) is 0 Å². The Kier molecular flexibility index (Phi) is 39.5. The summed E-state index contributed by atoms with van der Waals surface area (Å²) < 4.78 is 133. The van der Waals surface area contributed by atoms with Crippen LogP contribution in [-0.2, 0) is 38.6 Å². The molecular weight excluding hydrogens is 1900 g/mol. The maximum Gasteiger partial charge on any atom is 1.00 e. The molecule has 0 radical (unpaired) electrons. The van der Waals surface area contributed by atoms with E-state index < -0.39 is 79.2 Å². The summed E-state index contributed by atoms with van der Waals surface area (Å²) in [6.45, 7) is 0. The molecule has 23 heteroatoms. The zero-order chi connectivity index (χ0) is 94.3. The van der Waals surface area contributed by atoms with Crippen molar-refractivity contribution in [1.29, 1.82) is 0 Å². The smallest absolute Gasteiger partial charge is 1.00 e. The molecule has 0 amide bonds. The summed E-state index contributed by atoms with van der Waals surface area (Å²) in [4.78, 5) is 0.741. The summed E-state index contributed by atoms with van der Waals surface area (Å²) in [7, 11) is -18.5. The molecule has 0 unspecified atom stereocenters. The molecule has 10 nitrogen and oxygen atoms in total. The van der Waals surface area contributed by atoms with E-state index >= 15 is 0 Å². The van der Waals surface area contributed by atoms with Crippen molar-refractivity contribution in [2.75, 3.05) is 0 Å². The topological polar surface area (TPSA) is 177 Å². The standard InChI is InChI=1S/C36H28O4P2S.C36H28O2P2S.C18H15P.C12H8F2O2S.C12H10P.2Na.H2O2.H/c37-41(29-13-5-1-6-14-29,30-15-7-2-8-16-30)33-21-25-35(26-22-33)43(39,40)36-27-23-34(24-28-36)42(38,31-17-9-3-10-18-31)32-19-11-4-12-20-32;37-41(38,35-25-21-33(22-26-35)39(29-13-5-1-6-14-29)30-15-7-2-8-16-30)36-27-23-34(24-28-36)40(31-17-9-3-10-18-31)32-19-11-4-12-20-32;1-4-10-16(11-5-1)19(17-12-6-2-7-13-17)18-14-8-3-9-15-18;13-9-1-5-11(6-2-9)17(15,16)12-7-3-10(14)4-8-12;1-3-7-11(8-4-1)13-12-9-5-2-6-10-12;;;1-2;/h1-28H;1-28H;1-15H;1-8H;1-10H;;;1-2H;/q;;;;-1;2*+1;;-1.